The number of pyridine rings is 1. The van der Waals surface area contributed by atoms with Crippen molar-refractivity contribution in [3.8, 4) is 0 Å². The van der Waals surface area contributed by atoms with Crippen molar-refractivity contribution in [2.45, 2.75) is 25.8 Å². The summed E-state index contributed by atoms with van der Waals surface area (Å²) in [5.41, 5.74) is 4.49. The van der Waals surface area contributed by atoms with Crippen molar-refractivity contribution in [1.29, 1.82) is 0 Å². The molecule has 0 atom stereocenters. The van der Waals surface area contributed by atoms with E-state index in [0.29, 0.717) is 12.0 Å². The number of nitrogens with one attached hydrogen (secondary N) is 1. The zero-order chi connectivity index (χ0) is 19.3. The van der Waals surface area contributed by atoms with E-state index in [0.717, 1.165) is 58.9 Å². The summed E-state index contributed by atoms with van der Waals surface area (Å²) < 4.78 is 12.1. The van der Waals surface area contributed by atoms with E-state index in [1.807, 2.05) is 37.0 Å². The van der Waals surface area contributed by atoms with Gasteiger partial charge in [0.05, 0.1) is 18.1 Å². The summed E-state index contributed by atoms with van der Waals surface area (Å²) in [6.07, 6.45) is 7.11. The molecule has 28 heavy (non-hydrogen) atoms. The average Bonchev–Trinajstić information content (AvgIpc) is 3.25. The van der Waals surface area contributed by atoms with Gasteiger partial charge in [-0.1, -0.05) is 0 Å². The second-order valence-electron chi connectivity index (χ2n) is 7.02. The highest BCUT2D eigenvalue weighted by Crippen LogP contribution is 2.28. The molecule has 0 aromatic carbocycles. The molecule has 5 rings (SSSR count). The van der Waals surface area contributed by atoms with Gasteiger partial charge in [0.1, 0.15) is 11.8 Å². The standard InChI is InChI=1S/C18H20N8OS/c1-11-7-15-20-10-21-25(15)9-13(11)22-17-19-8-14-16(23-17)26(18(28)24(14)2)12-3-5-27-6-4-12/h7-10,12H,3-6H2,1-2H3,(H,19,22,23). The molecule has 0 saturated carbocycles. The number of hydrogen-bond acceptors (Lipinski definition) is 7. The summed E-state index contributed by atoms with van der Waals surface area (Å²) in [5, 5.41) is 7.51. The SMILES string of the molecule is Cc1cc2ncnn2cc1Nc1ncc2c(n1)n(C1CCOCC1)c(=S)n2C. The fraction of sp³-hybridized carbons (Fsp3) is 0.389. The van der Waals surface area contributed by atoms with E-state index in [1.54, 1.807) is 4.52 Å². The maximum absolute atomic E-state index is 5.69. The number of imidazole rings is 1. The third kappa shape index (κ3) is 2.76. The molecule has 1 N–H and O–H groups in total. The predicted octanol–water partition coefficient (Wildman–Crippen LogP) is 2.95. The Morgan fingerprint density at radius 3 is 2.89 bits per heavy atom. The minimum Gasteiger partial charge on any atom is -0.381 e. The zero-order valence-corrected chi connectivity index (χ0v) is 16.5. The maximum atomic E-state index is 5.69. The molecule has 0 radical (unpaired) electrons. The van der Waals surface area contributed by atoms with Gasteiger partial charge in [0.2, 0.25) is 5.95 Å². The summed E-state index contributed by atoms with van der Waals surface area (Å²) in [6.45, 7) is 3.51. The lowest BCUT2D eigenvalue weighted by Crippen LogP contribution is -2.20. The van der Waals surface area contributed by atoms with Crippen LogP contribution in [0.1, 0.15) is 24.4 Å². The molecule has 144 valence electrons. The monoisotopic (exact) mass is 396 g/mol. The number of aryl methyl sites for hydroxylation is 2. The van der Waals surface area contributed by atoms with Crippen molar-refractivity contribution in [2.75, 3.05) is 18.5 Å². The summed E-state index contributed by atoms with van der Waals surface area (Å²) in [5.74, 6) is 0.525. The number of rotatable bonds is 3. The first-order chi connectivity index (χ1) is 13.6. The highest BCUT2D eigenvalue weighted by Gasteiger charge is 2.21. The van der Waals surface area contributed by atoms with E-state index in [-0.39, 0.29) is 0 Å². The van der Waals surface area contributed by atoms with Crippen LogP contribution < -0.4 is 5.32 Å². The molecule has 1 aliphatic heterocycles. The van der Waals surface area contributed by atoms with Crippen LogP contribution >= 0.6 is 12.2 Å². The topological polar surface area (TPSA) is 87.1 Å². The van der Waals surface area contributed by atoms with Gasteiger partial charge in [0, 0.05) is 26.3 Å². The highest BCUT2D eigenvalue weighted by atomic mass is 32.1. The van der Waals surface area contributed by atoms with Crippen LogP contribution in [-0.4, -0.2) is 46.9 Å². The zero-order valence-electron chi connectivity index (χ0n) is 15.7. The maximum Gasteiger partial charge on any atom is 0.229 e. The molecule has 1 aliphatic rings. The summed E-state index contributed by atoms with van der Waals surface area (Å²) in [4.78, 5) is 13.5. The Hall–Kier alpha value is -2.85. The fourth-order valence-corrected chi connectivity index (χ4v) is 4.01. The normalized spacial score (nSPS) is 15.5. The van der Waals surface area contributed by atoms with Gasteiger partial charge >= 0.3 is 0 Å². The lowest BCUT2D eigenvalue weighted by Gasteiger charge is -2.23. The Labute approximate surface area is 166 Å². The molecule has 10 heteroatoms. The minimum absolute atomic E-state index is 0.293. The van der Waals surface area contributed by atoms with Crippen LogP contribution in [0.3, 0.4) is 0 Å². The van der Waals surface area contributed by atoms with Crippen molar-refractivity contribution in [2.24, 2.45) is 7.05 Å². The van der Waals surface area contributed by atoms with Crippen LogP contribution in [0.25, 0.3) is 16.8 Å². The van der Waals surface area contributed by atoms with Crippen molar-refractivity contribution in [3.05, 3.63) is 35.1 Å². The fourth-order valence-electron chi connectivity index (χ4n) is 3.68. The van der Waals surface area contributed by atoms with Crippen LogP contribution in [-0.2, 0) is 11.8 Å². The number of nitrogens with zero attached hydrogens (tertiary/aromatic N) is 7. The highest BCUT2D eigenvalue weighted by molar-refractivity contribution is 7.71. The van der Waals surface area contributed by atoms with Gasteiger partial charge in [0.15, 0.2) is 16.1 Å². The number of aromatic nitrogens is 7. The van der Waals surface area contributed by atoms with E-state index in [2.05, 4.69) is 25.0 Å². The molecule has 0 amide bonds. The van der Waals surface area contributed by atoms with E-state index in [1.165, 1.54) is 6.33 Å². The van der Waals surface area contributed by atoms with Gasteiger partial charge in [-0.3, -0.25) is 4.57 Å². The van der Waals surface area contributed by atoms with Crippen LogP contribution in [0.4, 0.5) is 11.6 Å². The molecule has 0 unspecified atom stereocenters. The molecule has 4 aromatic heterocycles. The number of fused-ring (bicyclic) bond motifs is 2. The van der Waals surface area contributed by atoms with Crippen LogP contribution in [0.5, 0.6) is 0 Å². The molecular formula is C18H20N8OS. The third-order valence-corrected chi connectivity index (χ3v) is 5.73. The molecule has 4 aromatic rings. The third-order valence-electron chi connectivity index (χ3n) is 5.26. The summed E-state index contributed by atoms with van der Waals surface area (Å²) in [7, 11) is 1.96. The van der Waals surface area contributed by atoms with Gasteiger partial charge in [0.25, 0.3) is 0 Å². The van der Waals surface area contributed by atoms with Gasteiger partial charge in [-0.15, -0.1) is 0 Å². The Kier molecular flexibility index (Phi) is 4.09. The van der Waals surface area contributed by atoms with E-state index < -0.39 is 0 Å². The minimum atomic E-state index is 0.293. The Bertz CT molecular complexity index is 1230. The van der Waals surface area contributed by atoms with Crippen molar-refractivity contribution >= 4 is 40.7 Å². The molecule has 0 spiro atoms. The van der Waals surface area contributed by atoms with Crippen LogP contribution in [0, 0.1) is 11.7 Å². The average molecular weight is 396 g/mol. The molecule has 1 saturated heterocycles. The Balaban J connectivity index is 1.58. The predicted molar refractivity (Wildman–Crippen MR) is 107 cm³/mol. The molecule has 5 heterocycles. The van der Waals surface area contributed by atoms with Gasteiger partial charge in [-0.2, -0.15) is 10.1 Å². The summed E-state index contributed by atoms with van der Waals surface area (Å²) >= 11 is 5.69. The molecule has 0 aliphatic carbocycles. The van der Waals surface area contributed by atoms with Crippen LogP contribution in [0.2, 0.25) is 0 Å². The lowest BCUT2D eigenvalue weighted by atomic mass is 10.1. The van der Waals surface area contributed by atoms with Gasteiger partial charge in [-0.25, -0.2) is 14.5 Å². The second kappa shape index (κ2) is 6.64. The van der Waals surface area contributed by atoms with E-state index in [9.17, 15) is 0 Å². The number of hydrogen-bond donors (Lipinski definition) is 1. The van der Waals surface area contributed by atoms with Gasteiger partial charge in [-0.05, 0) is 43.6 Å². The number of ether oxygens (including phenoxy) is 1. The molecule has 0 bridgehead atoms. The Morgan fingerprint density at radius 2 is 2.07 bits per heavy atom. The summed E-state index contributed by atoms with van der Waals surface area (Å²) in [6, 6.07) is 2.26. The first kappa shape index (κ1) is 17.3. The van der Waals surface area contributed by atoms with Crippen molar-refractivity contribution < 1.29 is 4.74 Å². The van der Waals surface area contributed by atoms with Gasteiger partial charge < -0.3 is 14.6 Å². The smallest absolute Gasteiger partial charge is 0.229 e. The lowest BCUT2D eigenvalue weighted by molar-refractivity contribution is 0.0700. The molecule has 9 nitrogen and oxygen atoms in total. The first-order valence-electron chi connectivity index (χ1n) is 9.20. The largest absolute Gasteiger partial charge is 0.381 e. The quantitative estimate of drug-likeness (QED) is 0.533. The Morgan fingerprint density at radius 1 is 1.25 bits per heavy atom. The molecule has 1 fully saturated rings. The van der Waals surface area contributed by atoms with E-state index >= 15 is 0 Å². The van der Waals surface area contributed by atoms with E-state index in [4.69, 9.17) is 21.9 Å². The second-order valence-corrected chi connectivity index (χ2v) is 7.38. The van der Waals surface area contributed by atoms with Crippen LogP contribution in [0.15, 0.2) is 24.8 Å². The molecular weight excluding hydrogens is 376 g/mol. The van der Waals surface area contributed by atoms with Crippen molar-refractivity contribution in [3.63, 3.8) is 0 Å². The number of anilines is 2. The van der Waals surface area contributed by atoms with Crippen molar-refractivity contribution in [1.82, 2.24) is 33.7 Å². The first-order valence-corrected chi connectivity index (χ1v) is 9.61.